The molecular formula is C12H16N2O. The van der Waals surface area contributed by atoms with Gasteiger partial charge in [-0.1, -0.05) is 13.0 Å². The molecule has 2 rings (SSSR count). The molecule has 3 nitrogen and oxygen atoms in total. The number of fused-ring (bicyclic) bond motifs is 1. The van der Waals surface area contributed by atoms with Crippen molar-refractivity contribution in [3.63, 3.8) is 0 Å². The van der Waals surface area contributed by atoms with Gasteiger partial charge >= 0.3 is 0 Å². The molecular weight excluding hydrogens is 188 g/mol. The third-order valence-corrected chi connectivity index (χ3v) is 2.80. The topological polar surface area (TPSA) is 46.3 Å². The number of carbonyl (C=O) groups is 1. The molecule has 0 saturated heterocycles. The van der Waals surface area contributed by atoms with Crippen molar-refractivity contribution in [2.45, 2.75) is 19.8 Å². The molecule has 0 spiro atoms. The summed E-state index contributed by atoms with van der Waals surface area (Å²) in [5, 5.41) is 0. The van der Waals surface area contributed by atoms with Gasteiger partial charge in [-0.15, -0.1) is 0 Å². The van der Waals surface area contributed by atoms with Gasteiger partial charge in [0, 0.05) is 24.3 Å². The molecule has 0 unspecified atom stereocenters. The summed E-state index contributed by atoms with van der Waals surface area (Å²) < 4.78 is 0. The summed E-state index contributed by atoms with van der Waals surface area (Å²) in [6.07, 6.45) is 1.95. The zero-order valence-electron chi connectivity index (χ0n) is 8.99. The van der Waals surface area contributed by atoms with Crippen LogP contribution in [0.4, 0.5) is 5.69 Å². The molecule has 0 atom stereocenters. The molecule has 0 aliphatic carbocycles. The normalized spacial score (nSPS) is 15.3. The number of anilines is 1. The molecule has 3 heteroatoms. The third-order valence-electron chi connectivity index (χ3n) is 2.80. The van der Waals surface area contributed by atoms with Gasteiger partial charge in [0.05, 0.1) is 0 Å². The first-order valence-electron chi connectivity index (χ1n) is 5.40. The van der Waals surface area contributed by atoms with Crippen LogP contribution in [0.3, 0.4) is 0 Å². The smallest absolute Gasteiger partial charge is 0.254 e. The van der Waals surface area contributed by atoms with Crippen molar-refractivity contribution in [1.82, 2.24) is 4.90 Å². The first-order chi connectivity index (χ1) is 7.22. The molecule has 15 heavy (non-hydrogen) atoms. The van der Waals surface area contributed by atoms with Gasteiger partial charge in [-0.3, -0.25) is 4.79 Å². The molecule has 80 valence electrons. The Morgan fingerprint density at radius 3 is 3.00 bits per heavy atom. The first kappa shape index (κ1) is 10.0. The van der Waals surface area contributed by atoms with Crippen molar-refractivity contribution in [2.75, 3.05) is 18.8 Å². The number of amides is 1. The molecule has 1 aliphatic heterocycles. The summed E-state index contributed by atoms with van der Waals surface area (Å²) in [6, 6.07) is 5.62. The lowest BCUT2D eigenvalue weighted by molar-refractivity contribution is 0.0740. The zero-order valence-corrected chi connectivity index (χ0v) is 8.99. The number of nitrogens with two attached hydrogens (primary N) is 1. The van der Waals surface area contributed by atoms with E-state index in [0.717, 1.165) is 37.1 Å². The lowest BCUT2D eigenvalue weighted by atomic mass is 9.98. The van der Waals surface area contributed by atoms with Gasteiger partial charge in [-0.2, -0.15) is 0 Å². The van der Waals surface area contributed by atoms with Gasteiger partial charge in [0.25, 0.3) is 5.91 Å². The Hall–Kier alpha value is -1.51. The van der Waals surface area contributed by atoms with Gasteiger partial charge in [0.15, 0.2) is 0 Å². The SMILES string of the molecule is CCCN1CCc2ccc(N)cc2C1=O. The molecule has 1 aliphatic rings. The van der Waals surface area contributed by atoms with Crippen molar-refractivity contribution >= 4 is 11.6 Å². The lowest BCUT2D eigenvalue weighted by Crippen LogP contribution is -2.38. The van der Waals surface area contributed by atoms with Crippen LogP contribution in [0.15, 0.2) is 18.2 Å². The van der Waals surface area contributed by atoms with E-state index in [1.807, 2.05) is 17.0 Å². The molecule has 1 heterocycles. The highest BCUT2D eigenvalue weighted by Crippen LogP contribution is 2.21. The van der Waals surface area contributed by atoms with Crippen molar-refractivity contribution in [1.29, 1.82) is 0 Å². The summed E-state index contributed by atoms with van der Waals surface area (Å²) in [4.78, 5) is 13.9. The second kappa shape index (κ2) is 3.93. The predicted octanol–water partition coefficient (Wildman–Crippen LogP) is 1.68. The van der Waals surface area contributed by atoms with Crippen LogP contribution in [0.25, 0.3) is 0 Å². The van der Waals surface area contributed by atoms with Crippen molar-refractivity contribution < 1.29 is 4.79 Å². The highest BCUT2D eigenvalue weighted by Gasteiger charge is 2.23. The number of nitrogens with zero attached hydrogens (tertiary/aromatic N) is 1. The first-order valence-corrected chi connectivity index (χ1v) is 5.40. The predicted molar refractivity (Wildman–Crippen MR) is 60.8 cm³/mol. The largest absolute Gasteiger partial charge is 0.399 e. The van der Waals surface area contributed by atoms with Crippen LogP contribution >= 0.6 is 0 Å². The third kappa shape index (κ3) is 1.82. The summed E-state index contributed by atoms with van der Waals surface area (Å²) in [5.74, 6) is 0.130. The maximum absolute atomic E-state index is 12.0. The molecule has 0 radical (unpaired) electrons. The van der Waals surface area contributed by atoms with E-state index in [9.17, 15) is 4.79 Å². The minimum atomic E-state index is 0.130. The molecule has 1 aromatic rings. The number of nitrogen functional groups attached to an aromatic ring is 1. The summed E-state index contributed by atoms with van der Waals surface area (Å²) >= 11 is 0. The van der Waals surface area contributed by atoms with Crippen LogP contribution in [0, 0.1) is 0 Å². The minimum absolute atomic E-state index is 0.130. The maximum atomic E-state index is 12.0. The van der Waals surface area contributed by atoms with E-state index in [0.29, 0.717) is 5.69 Å². The Morgan fingerprint density at radius 1 is 1.47 bits per heavy atom. The minimum Gasteiger partial charge on any atom is -0.399 e. The Bertz CT molecular complexity index is 387. The standard InChI is InChI=1S/C12H16N2O/c1-2-6-14-7-5-9-3-4-10(13)8-11(9)12(14)15/h3-4,8H,2,5-7,13H2,1H3. The van der Waals surface area contributed by atoms with Gasteiger partial charge in [0.1, 0.15) is 0 Å². The van der Waals surface area contributed by atoms with E-state index < -0.39 is 0 Å². The highest BCUT2D eigenvalue weighted by molar-refractivity contribution is 5.97. The fourth-order valence-corrected chi connectivity index (χ4v) is 2.02. The van der Waals surface area contributed by atoms with E-state index >= 15 is 0 Å². The number of carbonyl (C=O) groups excluding carboxylic acids is 1. The van der Waals surface area contributed by atoms with Crippen LogP contribution < -0.4 is 5.73 Å². The van der Waals surface area contributed by atoms with E-state index in [1.54, 1.807) is 6.07 Å². The van der Waals surface area contributed by atoms with Crippen LogP contribution in [0.1, 0.15) is 29.3 Å². The molecule has 0 saturated carbocycles. The van der Waals surface area contributed by atoms with E-state index in [4.69, 9.17) is 5.73 Å². The van der Waals surface area contributed by atoms with Crippen molar-refractivity contribution in [3.8, 4) is 0 Å². The molecule has 1 amide bonds. The maximum Gasteiger partial charge on any atom is 0.254 e. The average Bonchev–Trinajstić information content (AvgIpc) is 2.23. The van der Waals surface area contributed by atoms with Crippen molar-refractivity contribution in [2.24, 2.45) is 0 Å². The van der Waals surface area contributed by atoms with Gasteiger partial charge < -0.3 is 10.6 Å². The van der Waals surface area contributed by atoms with Crippen LogP contribution in [-0.4, -0.2) is 23.9 Å². The van der Waals surface area contributed by atoms with E-state index in [-0.39, 0.29) is 5.91 Å². The van der Waals surface area contributed by atoms with Crippen LogP contribution in [0.5, 0.6) is 0 Å². The monoisotopic (exact) mass is 204 g/mol. The average molecular weight is 204 g/mol. The number of benzene rings is 1. The number of hydrogen-bond donors (Lipinski definition) is 1. The zero-order chi connectivity index (χ0) is 10.8. The quantitative estimate of drug-likeness (QED) is 0.745. The Kier molecular flexibility index (Phi) is 2.62. The second-order valence-electron chi connectivity index (χ2n) is 3.96. The Labute approximate surface area is 89.9 Å². The van der Waals surface area contributed by atoms with Crippen molar-refractivity contribution in [3.05, 3.63) is 29.3 Å². The fraction of sp³-hybridized carbons (Fsp3) is 0.417. The highest BCUT2D eigenvalue weighted by atomic mass is 16.2. The molecule has 0 aromatic heterocycles. The summed E-state index contributed by atoms with van der Waals surface area (Å²) in [6.45, 7) is 3.76. The number of hydrogen-bond acceptors (Lipinski definition) is 2. The molecule has 0 bridgehead atoms. The number of rotatable bonds is 2. The lowest BCUT2D eigenvalue weighted by Gasteiger charge is -2.28. The fourth-order valence-electron chi connectivity index (χ4n) is 2.02. The summed E-state index contributed by atoms with van der Waals surface area (Å²) in [7, 11) is 0. The summed E-state index contributed by atoms with van der Waals surface area (Å²) in [5.41, 5.74) is 8.27. The van der Waals surface area contributed by atoms with Crippen LogP contribution in [-0.2, 0) is 6.42 Å². The second-order valence-corrected chi connectivity index (χ2v) is 3.96. The Morgan fingerprint density at radius 2 is 2.27 bits per heavy atom. The molecule has 2 N–H and O–H groups in total. The van der Waals surface area contributed by atoms with Crippen LogP contribution in [0.2, 0.25) is 0 Å². The van der Waals surface area contributed by atoms with E-state index in [1.165, 1.54) is 0 Å². The van der Waals surface area contributed by atoms with Gasteiger partial charge in [0.2, 0.25) is 0 Å². The molecule has 1 aromatic carbocycles. The van der Waals surface area contributed by atoms with E-state index in [2.05, 4.69) is 6.92 Å². The van der Waals surface area contributed by atoms with Gasteiger partial charge in [-0.05, 0) is 30.5 Å². The van der Waals surface area contributed by atoms with Gasteiger partial charge in [-0.25, -0.2) is 0 Å². The Balaban J connectivity index is 2.32. The molecule has 0 fully saturated rings.